The van der Waals surface area contributed by atoms with Gasteiger partial charge >= 0.3 is 17.9 Å². The maximum Gasteiger partial charge on any atom is 0.337 e. The van der Waals surface area contributed by atoms with Gasteiger partial charge in [-0.15, -0.1) is 0 Å². The number of benzene rings is 3. The van der Waals surface area contributed by atoms with E-state index in [2.05, 4.69) is 14.7 Å². The van der Waals surface area contributed by atoms with Crippen molar-refractivity contribution in [3.05, 3.63) is 106 Å². The van der Waals surface area contributed by atoms with Gasteiger partial charge in [-0.3, -0.25) is 14.7 Å². The molecule has 1 saturated heterocycles. The third-order valence-corrected chi connectivity index (χ3v) is 7.54. The Labute approximate surface area is 247 Å². The molecular formula is C33H39N3O6. The van der Waals surface area contributed by atoms with Gasteiger partial charge in [-0.25, -0.2) is 14.4 Å². The first-order chi connectivity index (χ1) is 20.4. The number of hydrogen-bond acceptors (Lipinski definition) is 9. The molecule has 222 valence electrons. The maximum absolute atomic E-state index is 11.9. The van der Waals surface area contributed by atoms with Crippen molar-refractivity contribution < 1.29 is 28.6 Å². The average molecular weight is 574 g/mol. The van der Waals surface area contributed by atoms with Gasteiger partial charge in [0.05, 0.1) is 38.0 Å². The molecule has 0 aromatic heterocycles. The second-order valence-electron chi connectivity index (χ2n) is 10.4. The summed E-state index contributed by atoms with van der Waals surface area (Å²) in [5, 5.41) is 0. The standard InChI is InChI=1S/C33H39N3O6/c1-40-31(37)28-10-4-25(5-11-28)22-34-16-18-35(23-26-6-12-29(13-7-26)32(38)41-2)20-21-36(19-17-34)24-27-8-14-30(15-9-27)33(39)42-3/h4-15H,16-24H2,1-3H3. The third-order valence-electron chi connectivity index (χ3n) is 7.54. The van der Waals surface area contributed by atoms with E-state index in [9.17, 15) is 14.4 Å². The molecule has 9 heteroatoms. The van der Waals surface area contributed by atoms with Crippen molar-refractivity contribution in [3.63, 3.8) is 0 Å². The number of carbonyl (C=O) groups excluding carboxylic acids is 3. The highest BCUT2D eigenvalue weighted by Gasteiger charge is 2.18. The first-order valence-corrected chi connectivity index (χ1v) is 14.1. The monoisotopic (exact) mass is 573 g/mol. The van der Waals surface area contributed by atoms with E-state index in [-0.39, 0.29) is 17.9 Å². The molecule has 1 aliphatic rings. The van der Waals surface area contributed by atoms with E-state index in [4.69, 9.17) is 14.2 Å². The van der Waals surface area contributed by atoms with Crippen molar-refractivity contribution in [2.45, 2.75) is 19.6 Å². The van der Waals surface area contributed by atoms with Crippen molar-refractivity contribution in [2.75, 3.05) is 60.6 Å². The zero-order valence-corrected chi connectivity index (χ0v) is 24.6. The van der Waals surface area contributed by atoms with Gasteiger partial charge in [-0.1, -0.05) is 36.4 Å². The Morgan fingerprint density at radius 3 is 0.857 bits per heavy atom. The summed E-state index contributed by atoms with van der Waals surface area (Å²) >= 11 is 0. The highest BCUT2D eigenvalue weighted by molar-refractivity contribution is 5.90. The molecule has 0 saturated carbocycles. The summed E-state index contributed by atoms with van der Waals surface area (Å²) in [5.74, 6) is -1.01. The maximum atomic E-state index is 11.9. The summed E-state index contributed by atoms with van der Waals surface area (Å²) in [5.41, 5.74) is 5.03. The quantitative estimate of drug-likeness (QED) is 0.280. The number of rotatable bonds is 9. The normalized spacial score (nSPS) is 15.2. The van der Waals surface area contributed by atoms with Crippen LogP contribution in [0.4, 0.5) is 0 Å². The van der Waals surface area contributed by atoms with E-state index < -0.39 is 0 Å². The second-order valence-corrected chi connectivity index (χ2v) is 10.4. The van der Waals surface area contributed by atoms with Crippen LogP contribution in [0.5, 0.6) is 0 Å². The predicted molar refractivity (Wildman–Crippen MR) is 159 cm³/mol. The number of methoxy groups -OCH3 is 3. The minimum absolute atomic E-state index is 0.338. The Kier molecular flexibility index (Phi) is 11.2. The summed E-state index contributed by atoms with van der Waals surface area (Å²) in [6.45, 7) is 7.64. The first-order valence-electron chi connectivity index (χ1n) is 14.1. The SMILES string of the molecule is COC(=O)c1ccc(CN2CCN(Cc3ccc(C(=O)OC)cc3)CCN(Cc3ccc(C(=O)OC)cc3)CC2)cc1. The van der Waals surface area contributed by atoms with Crippen LogP contribution in [0.25, 0.3) is 0 Å². The molecule has 1 aliphatic heterocycles. The number of carbonyl (C=O) groups is 3. The molecule has 1 heterocycles. The molecule has 42 heavy (non-hydrogen) atoms. The van der Waals surface area contributed by atoms with Crippen LogP contribution in [0.15, 0.2) is 72.8 Å². The number of nitrogens with zero attached hydrogens (tertiary/aromatic N) is 3. The van der Waals surface area contributed by atoms with Crippen LogP contribution in [0, 0.1) is 0 Å². The van der Waals surface area contributed by atoms with E-state index in [0.717, 1.165) is 75.6 Å². The second kappa shape index (κ2) is 15.3. The molecule has 1 fully saturated rings. The lowest BCUT2D eigenvalue weighted by molar-refractivity contribution is 0.0592. The molecule has 3 aromatic rings. The fourth-order valence-electron chi connectivity index (χ4n) is 5.03. The van der Waals surface area contributed by atoms with Gasteiger partial charge in [-0.2, -0.15) is 0 Å². The highest BCUT2D eigenvalue weighted by Crippen LogP contribution is 2.15. The minimum Gasteiger partial charge on any atom is -0.465 e. The molecule has 0 bridgehead atoms. The fraction of sp³-hybridized carbons (Fsp3) is 0.364. The lowest BCUT2D eigenvalue weighted by Crippen LogP contribution is -2.35. The van der Waals surface area contributed by atoms with Crippen molar-refractivity contribution >= 4 is 17.9 Å². The van der Waals surface area contributed by atoms with Gasteiger partial charge in [0.25, 0.3) is 0 Å². The molecule has 9 nitrogen and oxygen atoms in total. The lowest BCUT2D eigenvalue weighted by atomic mass is 10.1. The smallest absolute Gasteiger partial charge is 0.337 e. The summed E-state index contributed by atoms with van der Waals surface area (Å²) in [6.07, 6.45) is 0. The number of esters is 3. The van der Waals surface area contributed by atoms with E-state index in [1.54, 1.807) is 0 Å². The fourth-order valence-corrected chi connectivity index (χ4v) is 5.03. The van der Waals surface area contributed by atoms with Gasteiger partial charge in [-0.05, 0) is 53.1 Å². The van der Waals surface area contributed by atoms with Crippen LogP contribution < -0.4 is 0 Å². The van der Waals surface area contributed by atoms with Crippen molar-refractivity contribution in [2.24, 2.45) is 0 Å². The first kappa shape index (κ1) is 30.9. The van der Waals surface area contributed by atoms with Gasteiger partial charge < -0.3 is 14.2 Å². The molecular weight excluding hydrogens is 534 g/mol. The van der Waals surface area contributed by atoms with Gasteiger partial charge in [0, 0.05) is 58.9 Å². The van der Waals surface area contributed by atoms with Gasteiger partial charge in [0.1, 0.15) is 0 Å². The summed E-state index contributed by atoms with van der Waals surface area (Å²) in [7, 11) is 4.16. The van der Waals surface area contributed by atoms with Crippen molar-refractivity contribution in [1.82, 2.24) is 14.7 Å². The van der Waals surface area contributed by atoms with Crippen LogP contribution in [0.1, 0.15) is 47.8 Å². The van der Waals surface area contributed by atoms with E-state index in [0.29, 0.717) is 16.7 Å². The summed E-state index contributed by atoms with van der Waals surface area (Å²) < 4.78 is 14.5. The van der Waals surface area contributed by atoms with E-state index in [1.807, 2.05) is 72.8 Å². The number of ether oxygens (including phenoxy) is 3. The lowest BCUT2D eigenvalue weighted by Gasteiger charge is -2.26. The van der Waals surface area contributed by atoms with Crippen molar-refractivity contribution in [1.29, 1.82) is 0 Å². The Hall–Kier alpha value is -4.05. The van der Waals surface area contributed by atoms with Crippen molar-refractivity contribution in [3.8, 4) is 0 Å². The molecule has 0 aliphatic carbocycles. The van der Waals surface area contributed by atoms with Gasteiger partial charge in [0.2, 0.25) is 0 Å². The average Bonchev–Trinajstić information content (AvgIpc) is 3.12. The topological polar surface area (TPSA) is 88.6 Å². The summed E-state index contributed by atoms with van der Waals surface area (Å²) in [6, 6.07) is 22.8. The van der Waals surface area contributed by atoms with Gasteiger partial charge in [0.15, 0.2) is 0 Å². The van der Waals surface area contributed by atoms with Crippen LogP contribution >= 0.6 is 0 Å². The number of hydrogen-bond donors (Lipinski definition) is 0. The molecule has 0 atom stereocenters. The molecule has 3 aromatic carbocycles. The van der Waals surface area contributed by atoms with Crippen LogP contribution in [-0.2, 0) is 33.8 Å². The largest absolute Gasteiger partial charge is 0.465 e. The Morgan fingerprint density at radius 1 is 0.452 bits per heavy atom. The highest BCUT2D eigenvalue weighted by atomic mass is 16.5. The van der Waals surface area contributed by atoms with Crippen LogP contribution in [0.3, 0.4) is 0 Å². The van der Waals surface area contributed by atoms with E-state index in [1.165, 1.54) is 21.3 Å². The zero-order chi connectivity index (χ0) is 29.9. The molecule has 4 rings (SSSR count). The Morgan fingerprint density at radius 2 is 0.667 bits per heavy atom. The third kappa shape index (κ3) is 8.72. The Balaban J connectivity index is 1.47. The molecule has 0 radical (unpaired) electrons. The predicted octanol–water partition coefficient (Wildman–Crippen LogP) is 3.87. The Bertz CT molecular complexity index is 1150. The minimum atomic E-state index is -0.338. The van der Waals surface area contributed by atoms with Crippen LogP contribution in [-0.4, -0.2) is 93.2 Å². The molecule has 0 N–H and O–H groups in total. The van der Waals surface area contributed by atoms with E-state index >= 15 is 0 Å². The molecule has 0 spiro atoms. The van der Waals surface area contributed by atoms with Crippen LogP contribution in [0.2, 0.25) is 0 Å². The molecule has 0 unspecified atom stereocenters. The molecule has 0 amide bonds. The summed E-state index contributed by atoms with van der Waals surface area (Å²) in [4.78, 5) is 42.9. The zero-order valence-electron chi connectivity index (χ0n) is 24.6.